The van der Waals surface area contributed by atoms with Crippen molar-refractivity contribution in [2.75, 3.05) is 11.9 Å². The fourth-order valence-electron chi connectivity index (χ4n) is 1.48. The van der Waals surface area contributed by atoms with Gasteiger partial charge in [0.25, 0.3) is 5.91 Å². The average molecular weight is 277 g/mol. The van der Waals surface area contributed by atoms with Crippen LogP contribution in [-0.4, -0.2) is 33.6 Å². The minimum Gasteiger partial charge on any atom is -0.409 e. The third kappa shape index (κ3) is 2.68. The molecular formula is C11H11N5O2S. The lowest BCUT2D eigenvalue weighted by Gasteiger charge is -2.16. The third-order valence-corrected chi connectivity index (χ3v) is 3.03. The van der Waals surface area contributed by atoms with Crippen LogP contribution in [0.15, 0.2) is 34.8 Å². The molecule has 0 fully saturated rings. The Labute approximate surface area is 113 Å². The lowest BCUT2D eigenvalue weighted by Crippen LogP contribution is -2.27. The molecule has 0 spiro atoms. The first-order valence-corrected chi connectivity index (χ1v) is 6.10. The topological polar surface area (TPSA) is 105 Å². The van der Waals surface area contributed by atoms with Crippen molar-refractivity contribution in [3.63, 3.8) is 0 Å². The van der Waals surface area contributed by atoms with Crippen molar-refractivity contribution < 1.29 is 10.0 Å². The maximum atomic E-state index is 12.1. The summed E-state index contributed by atoms with van der Waals surface area (Å²) in [6.07, 6.45) is 0. The van der Waals surface area contributed by atoms with Crippen molar-refractivity contribution in [2.45, 2.75) is 0 Å². The van der Waals surface area contributed by atoms with Crippen molar-refractivity contribution in [3.8, 4) is 0 Å². The Morgan fingerprint density at radius 3 is 2.95 bits per heavy atom. The molecule has 0 radical (unpaired) electrons. The second-order valence-corrected chi connectivity index (χ2v) is 4.30. The molecule has 2 aromatic rings. The molecule has 19 heavy (non-hydrogen) atoms. The van der Waals surface area contributed by atoms with Crippen LogP contribution in [0.5, 0.6) is 0 Å². The second kappa shape index (κ2) is 5.44. The number of nitrogens with zero attached hydrogens (tertiary/aromatic N) is 4. The molecule has 1 aromatic heterocycles. The van der Waals surface area contributed by atoms with Crippen molar-refractivity contribution in [3.05, 3.63) is 40.9 Å². The van der Waals surface area contributed by atoms with Gasteiger partial charge in [0, 0.05) is 23.7 Å². The molecule has 8 heteroatoms. The van der Waals surface area contributed by atoms with E-state index in [1.807, 2.05) is 0 Å². The summed E-state index contributed by atoms with van der Waals surface area (Å²) in [4.78, 5) is 13.5. The van der Waals surface area contributed by atoms with Gasteiger partial charge < -0.3 is 15.8 Å². The Morgan fingerprint density at radius 1 is 1.53 bits per heavy atom. The number of hydrogen-bond acceptors (Lipinski definition) is 6. The SMILES string of the molecule is CN(C(=O)c1csnn1)c1cccc(C(N)=NO)c1. The van der Waals surface area contributed by atoms with Crippen LogP contribution < -0.4 is 10.6 Å². The largest absolute Gasteiger partial charge is 0.409 e. The molecule has 0 aliphatic carbocycles. The highest BCUT2D eigenvalue weighted by Gasteiger charge is 2.16. The average Bonchev–Trinajstić information content (AvgIpc) is 2.99. The van der Waals surface area contributed by atoms with Gasteiger partial charge in [0.1, 0.15) is 0 Å². The summed E-state index contributed by atoms with van der Waals surface area (Å²) in [5, 5.41) is 16.9. The van der Waals surface area contributed by atoms with Crippen LogP contribution in [-0.2, 0) is 0 Å². The summed E-state index contributed by atoms with van der Waals surface area (Å²) in [5.41, 5.74) is 6.93. The summed E-state index contributed by atoms with van der Waals surface area (Å²) >= 11 is 1.11. The number of rotatable bonds is 3. The minimum atomic E-state index is -0.273. The smallest absolute Gasteiger partial charge is 0.279 e. The van der Waals surface area contributed by atoms with E-state index >= 15 is 0 Å². The first-order valence-electron chi connectivity index (χ1n) is 5.26. The van der Waals surface area contributed by atoms with Crippen molar-refractivity contribution in [1.29, 1.82) is 0 Å². The van der Waals surface area contributed by atoms with Crippen LogP contribution in [0.1, 0.15) is 16.1 Å². The van der Waals surface area contributed by atoms with Crippen LogP contribution in [0.4, 0.5) is 5.69 Å². The molecule has 0 bridgehead atoms. The molecule has 0 atom stereocenters. The molecular weight excluding hydrogens is 266 g/mol. The molecule has 1 aromatic carbocycles. The highest BCUT2D eigenvalue weighted by atomic mass is 32.1. The summed E-state index contributed by atoms with van der Waals surface area (Å²) in [6.45, 7) is 0. The predicted octanol–water partition coefficient (Wildman–Crippen LogP) is 0.909. The summed E-state index contributed by atoms with van der Waals surface area (Å²) < 4.78 is 3.65. The molecule has 0 unspecified atom stereocenters. The first-order chi connectivity index (χ1) is 9.13. The van der Waals surface area contributed by atoms with E-state index in [0.29, 0.717) is 11.3 Å². The molecule has 98 valence electrons. The number of amidine groups is 1. The van der Waals surface area contributed by atoms with Gasteiger partial charge in [-0.1, -0.05) is 21.8 Å². The van der Waals surface area contributed by atoms with Gasteiger partial charge in [-0.05, 0) is 23.7 Å². The number of carbonyl (C=O) groups is 1. The van der Waals surface area contributed by atoms with Crippen molar-refractivity contribution in [2.24, 2.45) is 10.9 Å². The number of anilines is 1. The summed E-state index contributed by atoms with van der Waals surface area (Å²) in [7, 11) is 1.62. The minimum absolute atomic E-state index is 0.0157. The van der Waals surface area contributed by atoms with Crippen LogP contribution in [0.2, 0.25) is 0 Å². The van der Waals surface area contributed by atoms with Gasteiger partial charge in [0.05, 0.1) is 0 Å². The van der Waals surface area contributed by atoms with Gasteiger partial charge in [-0.2, -0.15) is 0 Å². The fourth-order valence-corrected chi connectivity index (χ4v) is 1.91. The zero-order chi connectivity index (χ0) is 13.8. The Hall–Kier alpha value is -2.48. The number of nitrogens with two attached hydrogens (primary N) is 1. The van der Waals surface area contributed by atoms with Gasteiger partial charge in [-0.3, -0.25) is 4.79 Å². The van der Waals surface area contributed by atoms with Crippen molar-refractivity contribution >= 4 is 29.0 Å². The van der Waals surface area contributed by atoms with E-state index in [2.05, 4.69) is 14.7 Å². The van der Waals surface area contributed by atoms with E-state index in [1.165, 1.54) is 4.90 Å². The number of hydrogen-bond donors (Lipinski definition) is 2. The molecule has 1 amide bonds. The molecule has 0 aliphatic heterocycles. The van der Waals surface area contributed by atoms with Gasteiger partial charge in [-0.15, -0.1) is 5.10 Å². The summed E-state index contributed by atoms with van der Waals surface area (Å²) in [5.74, 6) is -0.288. The molecule has 0 saturated heterocycles. The van der Waals surface area contributed by atoms with Gasteiger partial charge in [-0.25, -0.2) is 0 Å². The molecule has 2 rings (SSSR count). The Morgan fingerprint density at radius 2 is 2.32 bits per heavy atom. The zero-order valence-electron chi connectivity index (χ0n) is 10.0. The summed E-state index contributed by atoms with van der Waals surface area (Å²) in [6, 6.07) is 6.78. The van der Waals surface area contributed by atoms with Gasteiger partial charge in [0.2, 0.25) is 0 Å². The zero-order valence-corrected chi connectivity index (χ0v) is 10.8. The highest BCUT2D eigenvalue weighted by Crippen LogP contribution is 2.17. The Kier molecular flexibility index (Phi) is 3.71. The second-order valence-electron chi connectivity index (χ2n) is 3.69. The quantitative estimate of drug-likeness (QED) is 0.375. The van der Waals surface area contributed by atoms with E-state index in [4.69, 9.17) is 10.9 Å². The molecule has 3 N–H and O–H groups in total. The Bertz CT molecular complexity index is 611. The third-order valence-electron chi connectivity index (χ3n) is 2.52. The van der Waals surface area contributed by atoms with Crippen LogP contribution in [0.25, 0.3) is 0 Å². The van der Waals surface area contributed by atoms with Crippen molar-refractivity contribution in [1.82, 2.24) is 9.59 Å². The predicted molar refractivity (Wildman–Crippen MR) is 71.6 cm³/mol. The van der Waals surface area contributed by atoms with Gasteiger partial charge >= 0.3 is 0 Å². The number of carbonyl (C=O) groups excluding carboxylic acids is 1. The van der Waals surface area contributed by atoms with E-state index in [-0.39, 0.29) is 17.4 Å². The number of amides is 1. The fraction of sp³-hybridized carbons (Fsp3) is 0.0909. The monoisotopic (exact) mass is 277 g/mol. The maximum absolute atomic E-state index is 12.1. The molecule has 0 saturated carbocycles. The van der Waals surface area contributed by atoms with E-state index in [0.717, 1.165) is 11.5 Å². The molecule has 7 nitrogen and oxygen atoms in total. The van der Waals surface area contributed by atoms with E-state index in [9.17, 15) is 4.79 Å². The maximum Gasteiger partial charge on any atom is 0.279 e. The number of oxime groups is 1. The Balaban J connectivity index is 2.29. The molecule has 0 aliphatic rings. The van der Waals surface area contributed by atoms with E-state index in [1.54, 1.807) is 36.7 Å². The van der Waals surface area contributed by atoms with Crippen LogP contribution in [0, 0.1) is 0 Å². The number of aromatic nitrogens is 2. The highest BCUT2D eigenvalue weighted by molar-refractivity contribution is 7.03. The normalized spacial score (nSPS) is 11.3. The standard InChI is InChI=1S/C11H11N5O2S/c1-16(11(17)9-6-19-15-13-9)8-4-2-3-7(5-8)10(12)14-18/h2-6,18H,1H3,(H2,12,14). The van der Waals surface area contributed by atoms with Crippen LogP contribution >= 0.6 is 11.5 Å². The lowest BCUT2D eigenvalue weighted by atomic mass is 10.1. The van der Waals surface area contributed by atoms with E-state index < -0.39 is 0 Å². The van der Waals surface area contributed by atoms with Gasteiger partial charge in [0.15, 0.2) is 11.5 Å². The van der Waals surface area contributed by atoms with Crippen LogP contribution in [0.3, 0.4) is 0 Å². The first kappa shape index (κ1) is 13.0. The lowest BCUT2D eigenvalue weighted by molar-refractivity contribution is 0.0988. The molecule has 1 heterocycles. The number of benzene rings is 1.